The molecule has 7 heteroatoms. The van der Waals surface area contributed by atoms with Gasteiger partial charge in [0.1, 0.15) is 11.8 Å². The largest absolute Gasteiger partial charge is 0.483 e. The molecule has 30 heavy (non-hydrogen) atoms. The van der Waals surface area contributed by atoms with E-state index in [9.17, 15) is 9.59 Å². The highest BCUT2D eigenvalue weighted by atomic mass is 79.9. The maximum Gasteiger partial charge on any atom is 0.261 e. The minimum absolute atomic E-state index is 0.146. The van der Waals surface area contributed by atoms with Gasteiger partial charge >= 0.3 is 0 Å². The van der Waals surface area contributed by atoms with Gasteiger partial charge in [0.25, 0.3) is 5.91 Å². The molecular formula is C23H28BrClN2O3. The molecule has 0 aliphatic heterocycles. The topological polar surface area (TPSA) is 58.6 Å². The van der Waals surface area contributed by atoms with Gasteiger partial charge in [0, 0.05) is 18.1 Å². The highest BCUT2D eigenvalue weighted by Gasteiger charge is 2.28. The smallest absolute Gasteiger partial charge is 0.261 e. The number of nitrogens with zero attached hydrogens (tertiary/aromatic N) is 1. The number of benzene rings is 2. The quantitative estimate of drug-likeness (QED) is 0.497. The van der Waals surface area contributed by atoms with Crippen LogP contribution in [0.5, 0.6) is 5.75 Å². The van der Waals surface area contributed by atoms with Crippen molar-refractivity contribution in [3.63, 3.8) is 0 Å². The third-order valence-electron chi connectivity index (χ3n) is 4.65. The van der Waals surface area contributed by atoms with Crippen LogP contribution in [0.1, 0.15) is 37.8 Å². The SMILES string of the molecule is CCCNC(=O)[C@@H](CC)N(Cc1ccc(C)cc1)C(=O)COc1ccc(Cl)cc1Br. The van der Waals surface area contributed by atoms with Crippen molar-refractivity contribution in [3.05, 3.63) is 63.1 Å². The first-order valence-corrected chi connectivity index (χ1v) is 11.2. The Hall–Kier alpha value is -2.05. The third-order valence-corrected chi connectivity index (χ3v) is 5.51. The number of hydrogen-bond acceptors (Lipinski definition) is 3. The zero-order valence-corrected chi connectivity index (χ0v) is 19.9. The van der Waals surface area contributed by atoms with Crippen LogP contribution >= 0.6 is 27.5 Å². The summed E-state index contributed by atoms with van der Waals surface area (Å²) < 4.78 is 6.39. The highest BCUT2D eigenvalue weighted by Crippen LogP contribution is 2.28. The van der Waals surface area contributed by atoms with Gasteiger partial charge in [-0.25, -0.2) is 0 Å². The zero-order chi connectivity index (χ0) is 22.1. The summed E-state index contributed by atoms with van der Waals surface area (Å²) in [5, 5.41) is 3.48. The predicted molar refractivity (Wildman–Crippen MR) is 124 cm³/mol. The fourth-order valence-corrected chi connectivity index (χ4v) is 3.79. The second-order valence-electron chi connectivity index (χ2n) is 7.09. The van der Waals surface area contributed by atoms with Crippen molar-refractivity contribution in [2.45, 2.75) is 46.2 Å². The second kappa shape index (κ2) is 12.0. The first-order chi connectivity index (χ1) is 14.3. The number of hydrogen-bond donors (Lipinski definition) is 1. The summed E-state index contributed by atoms with van der Waals surface area (Å²) in [6, 6.07) is 12.5. The van der Waals surface area contributed by atoms with Crippen LogP contribution in [0.15, 0.2) is 46.9 Å². The van der Waals surface area contributed by atoms with Gasteiger partial charge in [-0.2, -0.15) is 0 Å². The van der Waals surface area contributed by atoms with Crippen LogP contribution in [-0.4, -0.2) is 35.9 Å². The van der Waals surface area contributed by atoms with Crippen LogP contribution in [0, 0.1) is 6.92 Å². The molecule has 0 unspecified atom stereocenters. The molecule has 2 amide bonds. The minimum Gasteiger partial charge on any atom is -0.483 e. The number of carbonyl (C=O) groups is 2. The van der Waals surface area contributed by atoms with Crippen molar-refractivity contribution >= 4 is 39.3 Å². The standard InChI is InChI=1S/C23H28BrClN2O3/c1-4-12-26-23(29)20(5-2)27(14-17-8-6-16(3)7-9-17)22(28)15-30-21-11-10-18(25)13-19(21)24/h6-11,13,20H,4-5,12,14-15H2,1-3H3,(H,26,29)/t20-/m1/s1. The molecule has 2 aromatic carbocycles. The van der Waals surface area contributed by atoms with Crippen molar-refractivity contribution in [1.82, 2.24) is 10.2 Å². The number of halogens is 2. The highest BCUT2D eigenvalue weighted by molar-refractivity contribution is 9.10. The summed E-state index contributed by atoms with van der Waals surface area (Å²) in [6.45, 7) is 6.65. The normalized spacial score (nSPS) is 11.6. The Kier molecular flexibility index (Phi) is 9.66. The van der Waals surface area contributed by atoms with Crippen molar-refractivity contribution in [1.29, 1.82) is 0 Å². The lowest BCUT2D eigenvalue weighted by Gasteiger charge is -2.30. The van der Waals surface area contributed by atoms with Crippen molar-refractivity contribution < 1.29 is 14.3 Å². The number of nitrogens with one attached hydrogen (secondary N) is 1. The monoisotopic (exact) mass is 494 g/mol. The van der Waals surface area contributed by atoms with Gasteiger partial charge < -0.3 is 15.0 Å². The molecule has 2 aromatic rings. The molecule has 0 aliphatic rings. The van der Waals surface area contributed by atoms with E-state index in [-0.39, 0.29) is 18.4 Å². The number of carbonyl (C=O) groups excluding carboxylic acids is 2. The summed E-state index contributed by atoms with van der Waals surface area (Å²) in [6.07, 6.45) is 1.35. The van der Waals surface area contributed by atoms with Gasteiger partial charge in [0.2, 0.25) is 5.91 Å². The molecule has 0 heterocycles. The van der Waals surface area contributed by atoms with Gasteiger partial charge in [-0.15, -0.1) is 0 Å². The molecule has 0 bridgehead atoms. The van der Waals surface area contributed by atoms with Crippen LogP contribution in [0.25, 0.3) is 0 Å². The summed E-state index contributed by atoms with van der Waals surface area (Å²) in [5.74, 6) is 0.120. The van der Waals surface area contributed by atoms with Gasteiger partial charge in [0.05, 0.1) is 4.47 Å². The maximum absolute atomic E-state index is 13.1. The van der Waals surface area contributed by atoms with Gasteiger partial charge in [-0.05, 0) is 59.5 Å². The first-order valence-electron chi connectivity index (χ1n) is 10.1. The molecule has 0 radical (unpaired) electrons. The molecule has 2 rings (SSSR count). The van der Waals surface area contributed by atoms with Gasteiger partial charge in [-0.1, -0.05) is 55.3 Å². The molecule has 0 saturated heterocycles. The Balaban J connectivity index is 2.20. The summed E-state index contributed by atoms with van der Waals surface area (Å²) in [5.41, 5.74) is 2.10. The summed E-state index contributed by atoms with van der Waals surface area (Å²) in [7, 11) is 0. The Morgan fingerprint density at radius 1 is 1.17 bits per heavy atom. The molecule has 0 saturated carbocycles. The average Bonchev–Trinajstić information content (AvgIpc) is 2.72. The fraction of sp³-hybridized carbons (Fsp3) is 0.391. The van der Waals surface area contributed by atoms with E-state index < -0.39 is 6.04 Å². The van der Waals surface area contributed by atoms with Crippen LogP contribution in [-0.2, 0) is 16.1 Å². The molecule has 5 nitrogen and oxygen atoms in total. The van der Waals surface area contributed by atoms with Crippen LogP contribution in [0.4, 0.5) is 0 Å². The van der Waals surface area contributed by atoms with E-state index in [1.807, 2.05) is 45.0 Å². The van der Waals surface area contributed by atoms with E-state index >= 15 is 0 Å². The Labute approximate surface area is 191 Å². The molecule has 1 N–H and O–H groups in total. The van der Waals surface area contributed by atoms with Crippen LogP contribution in [0.3, 0.4) is 0 Å². The Bertz CT molecular complexity index is 858. The molecule has 0 fully saturated rings. The minimum atomic E-state index is -0.567. The van der Waals surface area contributed by atoms with E-state index in [1.54, 1.807) is 23.1 Å². The predicted octanol–water partition coefficient (Wildman–Crippen LogP) is 5.12. The Morgan fingerprint density at radius 3 is 2.47 bits per heavy atom. The van der Waals surface area contributed by atoms with E-state index in [4.69, 9.17) is 16.3 Å². The summed E-state index contributed by atoms with van der Waals surface area (Å²) in [4.78, 5) is 27.4. The van der Waals surface area contributed by atoms with Crippen molar-refractivity contribution in [2.24, 2.45) is 0 Å². The Morgan fingerprint density at radius 2 is 1.87 bits per heavy atom. The van der Waals surface area contributed by atoms with Crippen LogP contribution < -0.4 is 10.1 Å². The molecular weight excluding hydrogens is 468 g/mol. The second-order valence-corrected chi connectivity index (χ2v) is 8.38. The first kappa shape index (κ1) is 24.2. The average molecular weight is 496 g/mol. The zero-order valence-electron chi connectivity index (χ0n) is 17.6. The molecule has 0 spiro atoms. The van der Waals surface area contributed by atoms with E-state index in [0.29, 0.717) is 34.8 Å². The molecule has 0 aromatic heterocycles. The van der Waals surface area contributed by atoms with E-state index in [2.05, 4.69) is 21.2 Å². The molecule has 1 atom stereocenters. The third kappa shape index (κ3) is 7.03. The van der Waals surface area contributed by atoms with Crippen molar-refractivity contribution in [2.75, 3.05) is 13.2 Å². The molecule has 162 valence electrons. The van der Waals surface area contributed by atoms with Gasteiger partial charge in [0.15, 0.2) is 6.61 Å². The van der Waals surface area contributed by atoms with E-state index in [0.717, 1.165) is 17.5 Å². The number of ether oxygens (including phenoxy) is 1. The number of aryl methyl sites for hydroxylation is 1. The van der Waals surface area contributed by atoms with Gasteiger partial charge in [-0.3, -0.25) is 9.59 Å². The number of rotatable bonds is 10. The van der Waals surface area contributed by atoms with Crippen LogP contribution in [0.2, 0.25) is 5.02 Å². The lowest BCUT2D eigenvalue weighted by Crippen LogP contribution is -2.50. The van der Waals surface area contributed by atoms with E-state index in [1.165, 1.54) is 0 Å². The lowest BCUT2D eigenvalue weighted by molar-refractivity contribution is -0.143. The number of amides is 2. The lowest BCUT2D eigenvalue weighted by atomic mass is 10.1. The summed E-state index contributed by atoms with van der Waals surface area (Å²) >= 11 is 9.35. The maximum atomic E-state index is 13.1. The molecule has 0 aliphatic carbocycles. The fourth-order valence-electron chi connectivity index (χ4n) is 2.99. The van der Waals surface area contributed by atoms with Crippen molar-refractivity contribution in [3.8, 4) is 5.75 Å².